The molecule has 1 aliphatic rings. The average molecular weight is 578 g/mol. The molecule has 4 heteroatoms. The standard InChI is InChI=1S/C31H39N2S.Pd/c1-5-24(6-2)27-17-14-18-28(25(7-3)8-4)31(27)33-22-21-32(23-33)29-19-12-13-20-30(29)34-26-15-10-9-11-16-26;/h9-18,20,24-25H,5-8,21-23H2,1-4H3;/q-1;. The van der Waals surface area contributed by atoms with Crippen LogP contribution < -0.4 is 9.80 Å². The molecule has 4 rings (SSSR count). The number of hydrogen-bond donors (Lipinski definition) is 0. The number of anilines is 2. The second-order valence-electron chi connectivity index (χ2n) is 9.28. The fourth-order valence-corrected chi connectivity index (χ4v) is 6.35. The third-order valence-corrected chi connectivity index (χ3v) is 8.39. The maximum atomic E-state index is 3.57. The molecule has 190 valence electrons. The Kier molecular flexibility index (Phi) is 10.8. The fraction of sp³-hybridized carbons (Fsp3) is 0.419. The summed E-state index contributed by atoms with van der Waals surface area (Å²) in [6, 6.07) is 27.7. The monoisotopic (exact) mass is 577 g/mol. The van der Waals surface area contributed by atoms with Gasteiger partial charge in [0, 0.05) is 39.2 Å². The largest absolute Gasteiger partial charge is 0.374 e. The first-order valence-corrected chi connectivity index (χ1v) is 13.9. The van der Waals surface area contributed by atoms with Crippen LogP contribution in [0.3, 0.4) is 0 Å². The Morgan fingerprint density at radius 1 is 0.743 bits per heavy atom. The first-order chi connectivity index (χ1) is 16.7. The summed E-state index contributed by atoms with van der Waals surface area (Å²) < 4.78 is 0. The molecule has 1 heterocycles. The summed E-state index contributed by atoms with van der Waals surface area (Å²) in [5.74, 6) is 1.23. The summed E-state index contributed by atoms with van der Waals surface area (Å²) in [7, 11) is 0. The maximum Gasteiger partial charge on any atom is 0.0885 e. The van der Waals surface area contributed by atoms with Gasteiger partial charge in [0.1, 0.15) is 0 Å². The molecule has 0 radical (unpaired) electrons. The minimum absolute atomic E-state index is 0. The second-order valence-corrected chi connectivity index (χ2v) is 10.4. The molecule has 0 aromatic heterocycles. The number of hydrogen-bond acceptors (Lipinski definition) is 3. The van der Waals surface area contributed by atoms with Gasteiger partial charge in [-0.05, 0) is 65.7 Å². The van der Waals surface area contributed by atoms with Gasteiger partial charge in [0.15, 0.2) is 0 Å². The van der Waals surface area contributed by atoms with Gasteiger partial charge in [0.2, 0.25) is 0 Å². The van der Waals surface area contributed by atoms with Crippen molar-refractivity contribution >= 4 is 23.1 Å². The number of benzene rings is 3. The van der Waals surface area contributed by atoms with Gasteiger partial charge in [-0.25, -0.2) is 0 Å². The molecule has 1 aliphatic heterocycles. The molecule has 2 nitrogen and oxygen atoms in total. The molecule has 3 aromatic rings. The van der Waals surface area contributed by atoms with Crippen molar-refractivity contribution in [2.24, 2.45) is 0 Å². The molecule has 0 atom stereocenters. The predicted molar refractivity (Wildman–Crippen MR) is 148 cm³/mol. The van der Waals surface area contributed by atoms with Crippen LogP contribution in [0.15, 0.2) is 76.5 Å². The fourth-order valence-electron chi connectivity index (χ4n) is 5.37. The Balaban J connectivity index is 0.00000342. The third kappa shape index (κ3) is 6.35. The number of para-hydroxylation sites is 2. The molecule has 0 amide bonds. The Labute approximate surface area is 231 Å². The van der Waals surface area contributed by atoms with Gasteiger partial charge in [0.05, 0.1) is 6.67 Å². The van der Waals surface area contributed by atoms with E-state index < -0.39 is 0 Å². The normalized spacial score (nSPS) is 13.5. The van der Waals surface area contributed by atoms with E-state index in [4.69, 9.17) is 0 Å². The Hall–Kier alpha value is -1.73. The molecule has 0 spiro atoms. The van der Waals surface area contributed by atoms with Crippen molar-refractivity contribution in [3.63, 3.8) is 0 Å². The Morgan fingerprint density at radius 3 is 1.94 bits per heavy atom. The van der Waals surface area contributed by atoms with Gasteiger partial charge in [-0.15, -0.1) is 0 Å². The SMILES string of the molecule is CCC(CC)c1cccc(C(CC)CC)c1N1CCN(c2[c-]cccc2Sc2ccccc2)C1.[Pd]. The molecule has 3 aromatic carbocycles. The van der Waals surface area contributed by atoms with E-state index >= 15 is 0 Å². The minimum Gasteiger partial charge on any atom is -0.374 e. The minimum atomic E-state index is 0. The van der Waals surface area contributed by atoms with Gasteiger partial charge in [-0.3, -0.25) is 0 Å². The summed E-state index contributed by atoms with van der Waals surface area (Å²) in [6.07, 6.45) is 4.77. The third-order valence-electron chi connectivity index (χ3n) is 7.33. The molecule has 0 aliphatic carbocycles. The van der Waals surface area contributed by atoms with Gasteiger partial charge >= 0.3 is 0 Å². The van der Waals surface area contributed by atoms with Gasteiger partial charge in [-0.2, -0.15) is 36.0 Å². The van der Waals surface area contributed by atoms with Crippen LogP contribution in [0.5, 0.6) is 0 Å². The van der Waals surface area contributed by atoms with Crippen LogP contribution in [-0.4, -0.2) is 19.8 Å². The molecule has 0 unspecified atom stereocenters. The van der Waals surface area contributed by atoms with E-state index in [0.29, 0.717) is 11.8 Å². The van der Waals surface area contributed by atoms with Crippen molar-refractivity contribution in [3.05, 3.63) is 83.9 Å². The first kappa shape index (κ1) is 27.9. The van der Waals surface area contributed by atoms with Crippen molar-refractivity contribution in [1.29, 1.82) is 0 Å². The van der Waals surface area contributed by atoms with Crippen LogP contribution in [0.4, 0.5) is 11.4 Å². The van der Waals surface area contributed by atoms with Crippen LogP contribution in [0.2, 0.25) is 0 Å². The Bertz CT molecular complexity index is 1020. The zero-order valence-electron chi connectivity index (χ0n) is 21.6. The maximum absolute atomic E-state index is 3.57. The smallest absolute Gasteiger partial charge is 0.0885 e. The van der Waals surface area contributed by atoms with E-state index in [9.17, 15) is 0 Å². The number of rotatable bonds is 10. The van der Waals surface area contributed by atoms with E-state index in [1.54, 1.807) is 11.1 Å². The second kappa shape index (κ2) is 13.5. The molecular weight excluding hydrogens is 539 g/mol. The zero-order valence-corrected chi connectivity index (χ0v) is 23.9. The van der Waals surface area contributed by atoms with Gasteiger partial charge < -0.3 is 9.80 Å². The van der Waals surface area contributed by atoms with Gasteiger partial charge in [0.25, 0.3) is 0 Å². The van der Waals surface area contributed by atoms with E-state index in [1.165, 1.54) is 46.8 Å². The molecule has 1 saturated heterocycles. The predicted octanol–water partition coefficient (Wildman–Crippen LogP) is 8.73. The first-order valence-electron chi connectivity index (χ1n) is 13.1. The van der Waals surface area contributed by atoms with Crippen molar-refractivity contribution in [1.82, 2.24) is 0 Å². The van der Waals surface area contributed by atoms with E-state index in [-0.39, 0.29) is 20.4 Å². The van der Waals surface area contributed by atoms with E-state index in [0.717, 1.165) is 19.8 Å². The van der Waals surface area contributed by atoms with Crippen LogP contribution >= 0.6 is 11.8 Å². The molecule has 0 saturated carbocycles. The van der Waals surface area contributed by atoms with Crippen molar-refractivity contribution in [2.45, 2.75) is 75.0 Å². The quantitative estimate of drug-likeness (QED) is 0.176. The molecule has 35 heavy (non-hydrogen) atoms. The van der Waals surface area contributed by atoms with E-state index in [1.807, 2.05) is 11.8 Å². The van der Waals surface area contributed by atoms with Crippen molar-refractivity contribution in [3.8, 4) is 0 Å². The zero-order chi connectivity index (χ0) is 23.9. The molecule has 0 bridgehead atoms. The number of nitrogens with zero attached hydrogens (tertiary/aromatic N) is 2. The molecule has 1 fully saturated rings. The average Bonchev–Trinajstić information content (AvgIpc) is 3.36. The summed E-state index contributed by atoms with van der Waals surface area (Å²) >= 11 is 1.84. The molecule has 0 N–H and O–H groups in total. The molecular formula is C31H39N2PdS-. The summed E-state index contributed by atoms with van der Waals surface area (Å²) in [4.78, 5) is 7.73. The summed E-state index contributed by atoms with van der Waals surface area (Å²) in [6.45, 7) is 12.4. The van der Waals surface area contributed by atoms with Gasteiger partial charge in [-0.1, -0.05) is 74.7 Å². The van der Waals surface area contributed by atoms with Crippen LogP contribution in [0.1, 0.15) is 76.3 Å². The Morgan fingerprint density at radius 2 is 1.34 bits per heavy atom. The van der Waals surface area contributed by atoms with E-state index in [2.05, 4.69) is 110 Å². The topological polar surface area (TPSA) is 6.48 Å². The van der Waals surface area contributed by atoms with Crippen LogP contribution in [0, 0.1) is 6.07 Å². The summed E-state index contributed by atoms with van der Waals surface area (Å²) in [5, 5.41) is 0. The van der Waals surface area contributed by atoms with Crippen molar-refractivity contribution < 1.29 is 20.4 Å². The summed E-state index contributed by atoms with van der Waals surface area (Å²) in [5.41, 5.74) is 5.84. The van der Waals surface area contributed by atoms with Crippen LogP contribution in [0.25, 0.3) is 0 Å². The van der Waals surface area contributed by atoms with Crippen molar-refractivity contribution in [2.75, 3.05) is 29.6 Å². The van der Waals surface area contributed by atoms with Crippen LogP contribution in [-0.2, 0) is 20.4 Å².